The number of alkyl halides is 3. The second kappa shape index (κ2) is 12.2. The first-order valence-corrected chi connectivity index (χ1v) is 13.0. The first-order valence-electron chi connectivity index (χ1n) is 13.0. The summed E-state index contributed by atoms with van der Waals surface area (Å²) in [5, 5.41) is 6.55. The van der Waals surface area contributed by atoms with Gasteiger partial charge < -0.3 is 24.1 Å². The summed E-state index contributed by atoms with van der Waals surface area (Å²) >= 11 is 0. The Hall–Kier alpha value is -4.48. The molecule has 0 atom stereocenters. The quantitative estimate of drug-likeness (QED) is 0.152. The smallest absolute Gasteiger partial charge is 0.401 e. The van der Waals surface area contributed by atoms with Crippen molar-refractivity contribution in [1.29, 1.82) is 0 Å². The number of nitrogens with one attached hydrogen (secondary N) is 1. The Bertz CT molecular complexity index is 1610. The number of ketones is 1. The molecular weight excluding hydrogens is 558 g/mol. The van der Waals surface area contributed by atoms with Crippen LogP contribution in [0.25, 0.3) is 22.0 Å². The van der Waals surface area contributed by atoms with Gasteiger partial charge in [-0.1, -0.05) is 17.3 Å². The van der Waals surface area contributed by atoms with Gasteiger partial charge in [-0.3, -0.25) is 9.78 Å². The molecule has 2 aromatic carbocycles. The maximum atomic E-state index is 15.0. The Morgan fingerprint density at radius 1 is 1.02 bits per heavy atom. The van der Waals surface area contributed by atoms with Gasteiger partial charge in [0.05, 0.1) is 25.7 Å². The molecule has 42 heavy (non-hydrogen) atoms. The van der Waals surface area contributed by atoms with Crippen LogP contribution in [0.5, 0.6) is 11.5 Å². The third-order valence-electron chi connectivity index (χ3n) is 6.74. The Labute approximate surface area is 239 Å². The van der Waals surface area contributed by atoms with Crippen molar-refractivity contribution in [2.45, 2.75) is 51.6 Å². The van der Waals surface area contributed by atoms with Crippen LogP contribution in [0.1, 0.15) is 44.9 Å². The number of amides is 1. The highest BCUT2D eigenvalue weighted by Crippen LogP contribution is 2.41. The molecule has 2 aromatic heterocycles. The summed E-state index contributed by atoms with van der Waals surface area (Å²) in [7, 11) is 1.51. The van der Waals surface area contributed by atoms with Crippen molar-refractivity contribution < 1.29 is 41.1 Å². The van der Waals surface area contributed by atoms with E-state index in [1.165, 1.54) is 26.2 Å². The maximum absolute atomic E-state index is 15.0. The van der Waals surface area contributed by atoms with Crippen LogP contribution in [-0.2, 0) is 21.4 Å². The number of fused-ring (bicyclic) bond motifs is 1. The Morgan fingerprint density at radius 3 is 2.45 bits per heavy atom. The molecule has 0 aliphatic carbocycles. The van der Waals surface area contributed by atoms with Crippen molar-refractivity contribution in [3.8, 4) is 22.6 Å². The summed E-state index contributed by atoms with van der Waals surface area (Å²) in [5.74, 6) is -0.935. The first kappa shape index (κ1) is 30.5. The molecule has 0 spiro atoms. The molecule has 0 bridgehead atoms. The SMILES string of the molecule is COc1cc2ncc(-c3ccc(CC(=O)Nc4cc(C(C)(C)C(F)(F)F)on4)c(F)c3)cc2cc1OCCCC(C)=O. The van der Waals surface area contributed by atoms with Gasteiger partial charge in [-0.2, -0.15) is 13.2 Å². The van der Waals surface area contributed by atoms with Crippen molar-refractivity contribution in [3.63, 3.8) is 0 Å². The normalized spacial score (nSPS) is 11.9. The first-order chi connectivity index (χ1) is 19.8. The highest BCUT2D eigenvalue weighted by atomic mass is 19.4. The number of ether oxygens (including phenoxy) is 2. The zero-order chi connectivity index (χ0) is 30.7. The van der Waals surface area contributed by atoms with E-state index in [1.54, 1.807) is 24.4 Å². The van der Waals surface area contributed by atoms with E-state index in [-0.39, 0.29) is 23.6 Å². The number of nitrogens with zero attached hydrogens (tertiary/aromatic N) is 2. The van der Waals surface area contributed by atoms with E-state index >= 15 is 4.39 Å². The molecule has 1 amide bonds. The van der Waals surface area contributed by atoms with Crippen LogP contribution in [0.15, 0.2) is 53.2 Å². The lowest BCUT2D eigenvalue weighted by Crippen LogP contribution is -2.35. The van der Waals surface area contributed by atoms with Crippen LogP contribution in [0, 0.1) is 5.82 Å². The van der Waals surface area contributed by atoms with Crippen LogP contribution in [0.2, 0.25) is 0 Å². The number of halogens is 4. The van der Waals surface area contributed by atoms with E-state index < -0.39 is 29.1 Å². The van der Waals surface area contributed by atoms with Crippen molar-refractivity contribution in [1.82, 2.24) is 10.1 Å². The number of rotatable bonds is 11. The third kappa shape index (κ3) is 6.87. The third-order valence-corrected chi connectivity index (χ3v) is 6.74. The summed E-state index contributed by atoms with van der Waals surface area (Å²) < 4.78 is 70.7. The van der Waals surface area contributed by atoms with E-state index in [9.17, 15) is 22.8 Å². The molecule has 0 radical (unpaired) electrons. The maximum Gasteiger partial charge on any atom is 0.401 e. The fraction of sp³-hybridized carbons (Fsp3) is 0.333. The molecule has 0 unspecified atom stereocenters. The number of Topliss-reactive ketones (excluding diaryl/α,β-unsaturated/α-hetero) is 1. The summed E-state index contributed by atoms with van der Waals surface area (Å²) in [6.07, 6.45) is -2.41. The second-order valence-electron chi connectivity index (χ2n) is 10.3. The van der Waals surface area contributed by atoms with Crippen LogP contribution >= 0.6 is 0 Å². The molecular formula is C30H29F4N3O5. The highest BCUT2D eigenvalue weighted by Gasteiger charge is 2.51. The van der Waals surface area contributed by atoms with E-state index in [0.29, 0.717) is 47.6 Å². The molecule has 4 aromatic rings. The van der Waals surface area contributed by atoms with Crippen LogP contribution in [0.4, 0.5) is 23.4 Å². The Morgan fingerprint density at radius 2 is 1.79 bits per heavy atom. The van der Waals surface area contributed by atoms with Crippen LogP contribution in [0.3, 0.4) is 0 Å². The zero-order valence-corrected chi connectivity index (χ0v) is 23.4. The largest absolute Gasteiger partial charge is 0.493 e. The second-order valence-corrected chi connectivity index (χ2v) is 10.3. The molecule has 8 nitrogen and oxygen atoms in total. The molecule has 4 rings (SSSR count). The molecule has 12 heteroatoms. The minimum absolute atomic E-state index is 0.0781. The summed E-state index contributed by atoms with van der Waals surface area (Å²) in [5.41, 5.74) is -0.460. The molecule has 0 fully saturated rings. The number of hydrogen-bond donors (Lipinski definition) is 1. The molecule has 222 valence electrons. The average Bonchev–Trinajstić information content (AvgIpc) is 3.39. The summed E-state index contributed by atoms with van der Waals surface area (Å²) in [6.45, 7) is 3.72. The lowest BCUT2D eigenvalue weighted by Gasteiger charge is -2.24. The topological polar surface area (TPSA) is 104 Å². The fourth-order valence-electron chi connectivity index (χ4n) is 4.07. The van der Waals surface area contributed by atoms with E-state index in [4.69, 9.17) is 14.0 Å². The van der Waals surface area contributed by atoms with Crippen molar-refractivity contribution in [3.05, 3.63) is 65.8 Å². The monoisotopic (exact) mass is 587 g/mol. The lowest BCUT2D eigenvalue weighted by molar-refractivity contribution is -0.185. The summed E-state index contributed by atoms with van der Waals surface area (Å²) in [4.78, 5) is 28.1. The molecule has 0 saturated carbocycles. The highest BCUT2D eigenvalue weighted by molar-refractivity contribution is 5.91. The molecule has 2 heterocycles. The van der Waals surface area contributed by atoms with Gasteiger partial charge in [-0.15, -0.1) is 0 Å². The van der Waals surface area contributed by atoms with E-state index in [2.05, 4.69) is 15.5 Å². The standard InChI is InChI=1S/C30H29F4N3O5/c1-17(38)6-5-9-41-25-12-20-10-21(16-35-23(20)14-24(25)40-4)18-7-8-19(22(31)11-18)13-28(39)36-27-15-26(42-37-27)29(2,3)30(32,33)34/h7-8,10-12,14-16H,5-6,9,13H2,1-4H3,(H,36,37,39). The molecule has 0 aliphatic rings. The van der Waals surface area contributed by atoms with E-state index in [1.807, 2.05) is 6.07 Å². The number of anilines is 1. The van der Waals surface area contributed by atoms with Gasteiger partial charge in [-0.25, -0.2) is 4.39 Å². The van der Waals surface area contributed by atoms with Gasteiger partial charge in [0.25, 0.3) is 0 Å². The number of aromatic nitrogens is 2. The molecule has 1 N–H and O–H groups in total. The van der Waals surface area contributed by atoms with Gasteiger partial charge in [0, 0.05) is 35.7 Å². The minimum Gasteiger partial charge on any atom is -0.493 e. The fourth-order valence-corrected chi connectivity index (χ4v) is 4.07. The van der Waals surface area contributed by atoms with Gasteiger partial charge >= 0.3 is 6.18 Å². The van der Waals surface area contributed by atoms with Crippen molar-refractivity contribution >= 4 is 28.4 Å². The van der Waals surface area contributed by atoms with Crippen molar-refractivity contribution in [2.75, 3.05) is 19.0 Å². The van der Waals surface area contributed by atoms with Crippen molar-refractivity contribution in [2.24, 2.45) is 0 Å². The Kier molecular flexibility index (Phi) is 8.83. The number of methoxy groups -OCH3 is 1. The number of carbonyl (C=O) groups is 2. The lowest BCUT2D eigenvalue weighted by atomic mass is 9.89. The van der Waals surface area contributed by atoms with Gasteiger partial charge in [0.15, 0.2) is 23.1 Å². The predicted molar refractivity (Wildman–Crippen MR) is 147 cm³/mol. The number of hydrogen-bond acceptors (Lipinski definition) is 7. The van der Waals surface area contributed by atoms with Gasteiger partial charge in [-0.05, 0) is 56.5 Å². The minimum atomic E-state index is -4.58. The number of benzene rings is 2. The zero-order valence-electron chi connectivity index (χ0n) is 23.4. The van der Waals surface area contributed by atoms with Gasteiger partial charge in [0.1, 0.15) is 17.0 Å². The van der Waals surface area contributed by atoms with Crippen LogP contribution in [-0.4, -0.2) is 41.7 Å². The molecule has 0 aliphatic heterocycles. The molecule has 0 saturated heterocycles. The van der Waals surface area contributed by atoms with E-state index in [0.717, 1.165) is 25.3 Å². The van der Waals surface area contributed by atoms with Gasteiger partial charge in [0.2, 0.25) is 5.91 Å². The Balaban J connectivity index is 1.47. The predicted octanol–water partition coefficient (Wildman–Crippen LogP) is 6.81. The number of carbonyl (C=O) groups excluding carboxylic acids is 2. The summed E-state index contributed by atoms with van der Waals surface area (Å²) in [6, 6.07) is 10.7. The number of pyridine rings is 1. The van der Waals surface area contributed by atoms with Crippen LogP contribution < -0.4 is 14.8 Å². The average molecular weight is 588 g/mol.